The van der Waals surface area contributed by atoms with Crippen LogP contribution < -0.4 is 6.15 Å². The smallest absolute Gasteiger partial charge is 0.135 e. The molecule has 0 amide bonds. The number of rotatable bonds is 0. The third-order valence-electron chi connectivity index (χ3n) is 0.270. The van der Waals surface area contributed by atoms with Crippen LogP contribution in [0.2, 0.25) is 0 Å². The topological polar surface area (TPSA) is 85.0 Å². The quantitative estimate of drug-likeness (QED) is 0.424. The number of H-pyrrole nitrogens is 1. The first-order valence-corrected chi connectivity index (χ1v) is 1.17. The second-order valence-electron chi connectivity index (χ2n) is 0.563. The predicted molar refractivity (Wildman–Crippen MR) is 16.3 cm³/mol. The highest BCUT2D eigenvalue weighted by atomic mass is 15.5. The lowest BCUT2D eigenvalue weighted by molar-refractivity contribution is 0.881. The summed E-state index contributed by atoms with van der Waals surface area (Å²) in [6.45, 7) is 0. The SMILES string of the molecule is [N].c1nnn[nH]1. The van der Waals surface area contributed by atoms with E-state index in [1.165, 1.54) is 6.33 Å². The summed E-state index contributed by atoms with van der Waals surface area (Å²) in [5.41, 5.74) is 0. The van der Waals surface area contributed by atoms with Crippen molar-refractivity contribution in [3.63, 3.8) is 0 Å². The standard InChI is InChI=1S/CH2N4.N/c1-2-4-5-3-1;/h1H,(H,2,3,4,5);. The van der Waals surface area contributed by atoms with Gasteiger partial charge in [-0.2, -0.15) is 0 Å². The third-order valence-corrected chi connectivity index (χ3v) is 0.270. The van der Waals surface area contributed by atoms with Gasteiger partial charge in [0, 0.05) is 6.15 Å². The second kappa shape index (κ2) is 2.28. The minimum absolute atomic E-state index is 0. The van der Waals surface area contributed by atoms with Crippen molar-refractivity contribution in [3.8, 4) is 0 Å². The summed E-state index contributed by atoms with van der Waals surface area (Å²) >= 11 is 0. The van der Waals surface area contributed by atoms with Gasteiger partial charge in [-0.25, -0.2) is 5.10 Å². The average Bonchev–Trinajstić information content (AvgIpc) is 1.76. The van der Waals surface area contributed by atoms with Crippen LogP contribution in [0.5, 0.6) is 0 Å². The molecule has 0 unspecified atom stereocenters. The van der Waals surface area contributed by atoms with Crippen LogP contribution in [0.15, 0.2) is 6.33 Å². The molecular weight excluding hydrogens is 82.0 g/mol. The number of hydrogen-bond acceptors (Lipinski definition) is 3. The van der Waals surface area contributed by atoms with Gasteiger partial charge < -0.3 is 0 Å². The average molecular weight is 84.1 g/mol. The van der Waals surface area contributed by atoms with Gasteiger partial charge in [-0.3, -0.25) is 0 Å². The van der Waals surface area contributed by atoms with Crippen LogP contribution in [-0.2, 0) is 0 Å². The Morgan fingerprint density at radius 2 is 2.33 bits per heavy atom. The molecule has 0 aliphatic heterocycles. The minimum atomic E-state index is 0. The number of nitrogens with zero attached hydrogens (tertiary/aromatic N) is 4. The van der Waals surface area contributed by atoms with Gasteiger partial charge in [0.1, 0.15) is 6.33 Å². The predicted octanol–water partition coefficient (Wildman–Crippen LogP) is -1.28. The maximum atomic E-state index is 3.31. The van der Waals surface area contributed by atoms with Crippen molar-refractivity contribution in [2.75, 3.05) is 0 Å². The van der Waals surface area contributed by atoms with E-state index in [9.17, 15) is 0 Å². The highest BCUT2D eigenvalue weighted by Gasteiger charge is 1.58. The molecule has 0 spiro atoms. The van der Waals surface area contributed by atoms with Gasteiger partial charge in [0.25, 0.3) is 0 Å². The van der Waals surface area contributed by atoms with Crippen molar-refractivity contribution in [2.24, 2.45) is 0 Å². The van der Waals surface area contributed by atoms with Crippen LogP contribution in [0.25, 0.3) is 0 Å². The lowest BCUT2D eigenvalue weighted by Crippen LogP contribution is -1.64. The molecule has 1 heterocycles. The first-order chi connectivity index (χ1) is 2.50. The van der Waals surface area contributed by atoms with Gasteiger partial charge >= 0.3 is 0 Å². The van der Waals surface area contributed by atoms with Crippen molar-refractivity contribution in [1.82, 2.24) is 26.8 Å². The van der Waals surface area contributed by atoms with E-state index in [2.05, 4.69) is 20.6 Å². The number of nitrogens with one attached hydrogen (secondary N) is 1. The van der Waals surface area contributed by atoms with Gasteiger partial charge in [0.15, 0.2) is 0 Å². The molecule has 1 N–H and O–H groups in total. The number of aromatic nitrogens is 4. The summed E-state index contributed by atoms with van der Waals surface area (Å²) in [6, 6.07) is 0. The summed E-state index contributed by atoms with van der Waals surface area (Å²) in [5.74, 6) is 0. The summed E-state index contributed by atoms with van der Waals surface area (Å²) in [6.07, 6.45) is 1.40. The van der Waals surface area contributed by atoms with E-state index >= 15 is 0 Å². The third kappa shape index (κ3) is 0.769. The van der Waals surface area contributed by atoms with Crippen LogP contribution in [0.4, 0.5) is 0 Å². The van der Waals surface area contributed by atoms with Crippen LogP contribution >= 0.6 is 0 Å². The van der Waals surface area contributed by atoms with E-state index in [1.54, 1.807) is 0 Å². The van der Waals surface area contributed by atoms with Gasteiger partial charge in [-0.15, -0.1) is 5.10 Å². The van der Waals surface area contributed by atoms with Gasteiger partial charge in [-0.05, 0) is 10.4 Å². The van der Waals surface area contributed by atoms with Gasteiger partial charge in [0.05, 0.1) is 0 Å². The molecule has 5 nitrogen and oxygen atoms in total. The molecule has 3 radical (unpaired) electrons. The largest absolute Gasteiger partial charge is 0.246 e. The maximum absolute atomic E-state index is 3.31. The fourth-order valence-corrected chi connectivity index (χ4v) is 0.129. The molecule has 6 heavy (non-hydrogen) atoms. The van der Waals surface area contributed by atoms with Crippen LogP contribution in [0, 0.1) is 0 Å². The van der Waals surface area contributed by atoms with E-state index in [4.69, 9.17) is 0 Å². The van der Waals surface area contributed by atoms with Crippen molar-refractivity contribution in [1.29, 1.82) is 0 Å². The molecule has 0 aliphatic rings. The molecule has 0 bridgehead atoms. The lowest BCUT2D eigenvalue weighted by Gasteiger charge is -1.42. The van der Waals surface area contributed by atoms with E-state index < -0.39 is 0 Å². The van der Waals surface area contributed by atoms with Gasteiger partial charge in [0.2, 0.25) is 0 Å². The van der Waals surface area contributed by atoms with Crippen molar-refractivity contribution in [2.45, 2.75) is 0 Å². The molecule has 0 aliphatic carbocycles. The highest BCUT2D eigenvalue weighted by molar-refractivity contribution is 4.24. The Morgan fingerprint density at radius 1 is 1.50 bits per heavy atom. The molecule has 31 valence electrons. The Hall–Kier alpha value is -0.970. The zero-order valence-corrected chi connectivity index (χ0v) is 2.87. The fraction of sp³-hybridized carbons (Fsp3) is 0. The Bertz CT molecular complexity index is 60.4. The van der Waals surface area contributed by atoms with E-state index in [1.807, 2.05) is 0 Å². The normalized spacial score (nSPS) is 6.67. The van der Waals surface area contributed by atoms with Crippen LogP contribution in [0.3, 0.4) is 0 Å². The fourth-order valence-electron chi connectivity index (χ4n) is 0.129. The molecule has 0 fully saturated rings. The van der Waals surface area contributed by atoms with Crippen LogP contribution in [0.1, 0.15) is 0 Å². The number of aromatic amines is 1. The number of tetrazole rings is 1. The van der Waals surface area contributed by atoms with Crippen molar-refractivity contribution < 1.29 is 0 Å². The molecule has 1 aromatic heterocycles. The zero-order chi connectivity index (χ0) is 3.54. The van der Waals surface area contributed by atoms with Crippen molar-refractivity contribution in [3.05, 3.63) is 6.33 Å². The molecule has 0 saturated carbocycles. The first-order valence-electron chi connectivity index (χ1n) is 1.17. The highest BCUT2D eigenvalue weighted by Crippen LogP contribution is 1.43. The molecule has 0 saturated heterocycles. The Labute approximate surface area is 34.3 Å². The first kappa shape index (κ1) is 5.03. The van der Waals surface area contributed by atoms with Crippen molar-refractivity contribution >= 4 is 0 Å². The maximum Gasteiger partial charge on any atom is 0.135 e. The molecule has 0 aromatic carbocycles. The van der Waals surface area contributed by atoms with E-state index in [0.717, 1.165) is 0 Å². The molecule has 5 heteroatoms. The molecule has 1 aromatic rings. The summed E-state index contributed by atoms with van der Waals surface area (Å²) in [5, 5.41) is 12.1. The Kier molecular flexibility index (Phi) is 1.91. The van der Waals surface area contributed by atoms with Gasteiger partial charge in [-0.1, -0.05) is 0 Å². The molecule has 1 rings (SSSR count). The monoisotopic (exact) mass is 84.0 g/mol. The number of hydrogen-bond donors (Lipinski definition) is 1. The zero-order valence-electron chi connectivity index (χ0n) is 2.87. The summed E-state index contributed by atoms with van der Waals surface area (Å²) in [7, 11) is 0. The molecular formula is CH2N5. The minimum Gasteiger partial charge on any atom is -0.246 e. The summed E-state index contributed by atoms with van der Waals surface area (Å²) in [4.78, 5) is 0. The van der Waals surface area contributed by atoms with E-state index in [-0.39, 0.29) is 6.15 Å². The second-order valence-corrected chi connectivity index (χ2v) is 0.563. The molecule has 0 atom stereocenters. The summed E-state index contributed by atoms with van der Waals surface area (Å²) < 4.78 is 0. The Balaban J connectivity index is 0.000000250. The van der Waals surface area contributed by atoms with E-state index in [0.29, 0.717) is 0 Å². The Morgan fingerprint density at radius 3 is 2.50 bits per heavy atom. The van der Waals surface area contributed by atoms with Crippen LogP contribution in [-0.4, -0.2) is 20.6 Å². The lowest BCUT2D eigenvalue weighted by atomic mass is 11.4.